The predicted molar refractivity (Wildman–Crippen MR) is 71.2 cm³/mol. The zero-order chi connectivity index (χ0) is 13.1. The molecule has 2 rings (SSSR count). The van der Waals surface area contributed by atoms with E-state index in [2.05, 4.69) is 12.2 Å². The van der Waals surface area contributed by atoms with Gasteiger partial charge in [0, 0.05) is 12.1 Å². The second-order valence-electron chi connectivity index (χ2n) is 5.07. The Morgan fingerprint density at radius 1 is 1.33 bits per heavy atom. The van der Waals surface area contributed by atoms with Crippen molar-refractivity contribution >= 4 is 11.6 Å². The Hall–Kier alpha value is -0.640. The molecule has 1 saturated carbocycles. The summed E-state index contributed by atoms with van der Waals surface area (Å²) in [4.78, 5) is 0. The zero-order valence-corrected chi connectivity index (χ0v) is 11.3. The Balaban J connectivity index is 1.94. The maximum Gasteiger partial charge on any atom is 0.141 e. The molecule has 2 nitrogen and oxygen atoms in total. The SMILES string of the molecule is CC(NC1CCC(O)CC1)c1ccc(F)c(Cl)c1. The molecule has 100 valence electrons. The first kappa shape index (κ1) is 13.8. The van der Waals surface area contributed by atoms with Crippen LogP contribution in [0.15, 0.2) is 18.2 Å². The lowest BCUT2D eigenvalue weighted by Gasteiger charge is -2.29. The van der Waals surface area contributed by atoms with Gasteiger partial charge in [0.15, 0.2) is 0 Å². The van der Waals surface area contributed by atoms with Gasteiger partial charge in [-0.2, -0.15) is 0 Å². The topological polar surface area (TPSA) is 32.3 Å². The molecule has 1 aliphatic rings. The van der Waals surface area contributed by atoms with E-state index in [9.17, 15) is 9.50 Å². The first-order chi connectivity index (χ1) is 8.56. The molecule has 0 radical (unpaired) electrons. The van der Waals surface area contributed by atoms with Crippen molar-refractivity contribution in [3.8, 4) is 0 Å². The number of rotatable bonds is 3. The normalized spacial score (nSPS) is 26.0. The van der Waals surface area contributed by atoms with Crippen LogP contribution in [0.5, 0.6) is 0 Å². The fourth-order valence-corrected chi connectivity index (χ4v) is 2.66. The van der Waals surface area contributed by atoms with Crippen LogP contribution in [0.4, 0.5) is 4.39 Å². The minimum atomic E-state index is -0.381. The van der Waals surface area contributed by atoms with E-state index in [0.717, 1.165) is 31.2 Å². The van der Waals surface area contributed by atoms with E-state index in [4.69, 9.17) is 11.6 Å². The van der Waals surface area contributed by atoms with Crippen LogP contribution in [0.2, 0.25) is 5.02 Å². The van der Waals surface area contributed by atoms with Crippen molar-refractivity contribution in [2.75, 3.05) is 0 Å². The minimum absolute atomic E-state index is 0.140. The van der Waals surface area contributed by atoms with Gasteiger partial charge in [-0.15, -0.1) is 0 Å². The average molecular weight is 272 g/mol. The third kappa shape index (κ3) is 3.44. The minimum Gasteiger partial charge on any atom is -0.393 e. The van der Waals surface area contributed by atoms with E-state index in [1.807, 2.05) is 0 Å². The summed E-state index contributed by atoms with van der Waals surface area (Å²) < 4.78 is 13.1. The van der Waals surface area contributed by atoms with Gasteiger partial charge in [0.2, 0.25) is 0 Å². The highest BCUT2D eigenvalue weighted by molar-refractivity contribution is 6.30. The van der Waals surface area contributed by atoms with E-state index in [1.54, 1.807) is 12.1 Å². The van der Waals surface area contributed by atoms with Gasteiger partial charge in [0.1, 0.15) is 5.82 Å². The lowest BCUT2D eigenvalue weighted by Crippen LogP contribution is -2.36. The molecule has 0 aromatic heterocycles. The number of aliphatic hydroxyl groups excluding tert-OH is 1. The number of hydrogen-bond donors (Lipinski definition) is 2. The number of benzene rings is 1. The molecule has 1 atom stereocenters. The lowest BCUT2D eigenvalue weighted by molar-refractivity contribution is 0.114. The summed E-state index contributed by atoms with van der Waals surface area (Å²) in [5.41, 5.74) is 0.993. The molecule has 1 aromatic carbocycles. The number of hydrogen-bond acceptors (Lipinski definition) is 2. The molecule has 1 fully saturated rings. The zero-order valence-electron chi connectivity index (χ0n) is 10.5. The van der Waals surface area contributed by atoms with Crippen LogP contribution in [0.3, 0.4) is 0 Å². The standard InChI is InChI=1S/C14H19ClFNO/c1-9(10-2-7-14(16)13(15)8-10)17-11-3-5-12(18)6-4-11/h2,7-9,11-12,17-18H,3-6H2,1H3. The summed E-state index contributed by atoms with van der Waals surface area (Å²) >= 11 is 5.78. The molecule has 4 heteroatoms. The third-order valence-electron chi connectivity index (χ3n) is 3.63. The van der Waals surface area contributed by atoms with Crippen molar-refractivity contribution in [1.82, 2.24) is 5.32 Å². The first-order valence-corrected chi connectivity index (χ1v) is 6.83. The summed E-state index contributed by atoms with van der Waals surface area (Å²) in [5, 5.41) is 13.1. The molecule has 2 N–H and O–H groups in total. The molecule has 18 heavy (non-hydrogen) atoms. The summed E-state index contributed by atoms with van der Waals surface area (Å²) in [6.45, 7) is 2.05. The Morgan fingerprint density at radius 2 is 2.00 bits per heavy atom. The smallest absolute Gasteiger partial charge is 0.141 e. The summed E-state index contributed by atoms with van der Waals surface area (Å²) in [5.74, 6) is -0.381. The largest absolute Gasteiger partial charge is 0.393 e. The predicted octanol–water partition coefficient (Wildman–Crippen LogP) is 3.43. The van der Waals surface area contributed by atoms with Gasteiger partial charge in [-0.3, -0.25) is 0 Å². The summed E-state index contributed by atoms with van der Waals surface area (Å²) in [6, 6.07) is 5.40. The second-order valence-corrected chi connectivity index (χ2v) is 5.47. The van der Waals surface area contributed by atoms with Crippen LogP contribution in [0.1, 0.15) is 44.2 Å². The van der Waals surface area contributed by atoms with Gasteiger partial charge in [-0.1, -0.05) is 17.7 Å². The molecule has 1 unspecified atom stereocenters. The Bertz CT molecular complexity index is 405. The molecule has 1 aromatic rings. The van der Waals surface area contributed by atoms with E-state index in [1.165, 1.54) is 6.07 Å². The van der Waals surface area contributed by atoms with Gasteiger partial charge >= 0.3 is 0 Å². The molecule has 0 bridgehead atoms. The van der Waals surface area contributed by atoms with Crippen LogP contribution >= 0.6 is 11.6 Å². The molecular formula is C14H19ClFNO. The molecule has 1 aliphatic carbocycles. The quantitative estimate of drug-likeness (QED) is 0.883. The van der Waals surface area contributed by atoms with Crippen LogP contribution < -0.4 is 5.32 Å². The lowest BCUT2D eigenvalue weighted by atomic mass is 9.92. The Labute approximate surface area is 112 Å². The van der Waals surface area contributed by atoms with Crippen LogP contribution in [-0.2, 0) is 0 Å². The van der Waals surface area contributed by atoms with E-state index in [0.29, 0.717) is 6.04 Å². The summed E-state index contributed by atoms with van der Waals surface area (Å²) in [7, 11) is 0. The van der Waals surface area contributed by atoms with Gasteiger partial charge < -0.3 is 10.4 Å². The van der Waals surface area contributed by atoms with Crippen LogP contribution in [0, 0.1) is 5.82 Å². The van der Waals surface area contributed by atoms with E-state index >= 15 is 0 Å². The highest BCUT2D eigenvalue weighted by atomic mass is 35.5. The van der Waals surface area contributed by atoms with Gasteiger partial charge in [0.05, 0.1) is 11.1 Å². The molecule has 0 aliphatic heterocycles. The third-order valence-corrected chi connectivity index (χ3v) is 3.92. The van der Waals surface area contributed by atoms with Crippen LogP contribution in [0.25, 0.3) is 0 Å². The van der Waals surface area contributed by atoms with Crippen molar-refractivity contribution in [1.29, 1.82) is 0 Å². The monoisotopic (exact) mass is 271 g/mol. The van der Waals surface area contributed by atoms with Crippen molar-refractivity contribution in [2.24, 2.45) is 0 Å². The van der Waals surface area contributed by atoms with E-state index < -0.39 is 0 Å². The van der Waals surface area contributed by atoms with Crippen molar-refractivity contribution < 1.29 is 9.50 Å². The first-order valence-electron chi connectivity index (χ1n) is 6.45. The van der Waals surface area contributed by atoms with E-state index in [-0.39, 0.29) is 23.0 Å². The molecule has 0 heterocycles. The number of aliphatic hydroxyl groups is 1. The van der Waals surface area contributed by atoms with Gasteiger partial charge in [-0.25, -0.2) is 4.39 Å². The van der Waals surface area contributed by atoms with Crippen LogP contribution in [-0.4, -0.2) is 17.3 Å². The molecule has 0 amide bonds. The van der Waals surface area contributed by atoms with Crippen molar-refractivity contribution in [2.45, 2.75) is 50.8 Å². The average Bonchev–Trinajstić information content (AvgIpc) is 2.35. The summed E-state index contributed by atoms with van der Waals surface area (Å²) in [6.07, 6.45) is 3.54. The fraction of sp³-hybridized carbons (Fsp3) is 0.571. The van der Waals surface area contributed by atoms with Crippen molar-refractivity contribution in [3.63, 3.8) is 0 Å². The molecular weight excluding hydrogens is 253 g/mol. The Morgan fingerprint density at radius 3 is 2.61 bits per heavy atom. The molecule has 0 spiro atoms. The highest BCUT2D eigenvalue weighted by Gasteiger charge is 2.21. The number of halogens is 2. The molecule has 0 saturated heterocycles. The van der Waals surface area contributed by atoms with Gasteiger partial charge in [0.25, 0.3) is 0 Å². The van der Waals surface area contributed by atoms with Crippen molar-refractivity contribution in [3.05, 3.63) is 34.6 Å². The second kappa shape index (κ2) is 6.00. The highest BCUT2D eigenvalue weighted by Crippen LogP contribution is 2.24. The van der Waals surface area contributed by atoms with Gasteiger partial charge in [-0.05, 0) is 50.3 Å². The maximum absolute atomic E-state index is 13.1. The maximum atomic E-state index is 13.1. The number of nitrogens with one attached hydrogen (secondary N) is 1. The fourth-order valence-electron chi connectivity index (χ4n) is 2.47. The Kier molecular flexibility index (Phi) is 4.60.